The van der Waals surface area contributed by atoms with E-state index in [1.165, 1.54) is 96.3 Å². The summed E-state index contributed by atoms with van der Waals surface area (Å²) in [4.78, 5) is 42.3. The molecule has 2 aliphatic heterocycles. The highest BCUT2D eigenvalue weighted by Crippen LogP contribution is 2.22. The Morgan fingerprint density at radius 2 is 0.969 bits per heavy atom. The van der Waals surface area contributed by atoms with Gasteiger partial charge in [-0.3, -0.25) is 19.2 Å². The maximum atomic E-state index is 11.3. The van der Waals surface area contributed by atoms with Crippen molar-refractivity contribution in [2.75, 3.05) is 0 Å². The van der Waals surface area contributed by atoms with Crippen LogP contribution in [0.15, 0.2) is 0 Å². The van der Waals surface area contributed by atoms with Crippen LogP contribution in [0, 0.1) is 5.92 Å². The van der Waals surface area contributed by atoms with Gasteiger partial charge in [0.15, 0.2) is 0 Å². The first-order valence-corrected chi connectivity index (χ1v) is 13.0. The lowest BCUT2D eigenvalue weighted by molar-refractivity contribution is -0.154. The van der Waals surface area contributed by atoms with E-state index in [1.54, 1.807) is 0 Å². The summed E-state index contributed by atoms with van der Waals surface area (Å²) in [5.41, 5.74) is 0. The van der Waals surface area contributed by atoms with Gasteiger partial charge in [0, 0.05) is 0 Å². The van der Waals surface area contributed by atoms with Gasteiger partial charge in [-0.25, -0.2) is 0 Å². The molecule has 0 aromatic rings. The number of carbonyl (C=O) groups is 4. The zero-order valence-electron chi connectivity index (χ0n) is 20.2. The molecule has 2 saturated heterocycles. The summed E-state index contributed by atoms with van der Waals surface area (Å²) in [6, 6.07) is 0. The highest BCUT2D eigenvalue weighted by Gasteiger charge is 2.32. The van der Waals surface area contributed by atoms with Crippen LogP contribution in [0.25, 0.3) is 0 Å². The van der Waals surface area contributed by atoms with Gasteiger partial charge in [-0.15, -0.1) is 0 Å². The number of unbranched alkanes of at least 4 members (excludes halogenated alkanes) is 15. The molecule has 1 atom stereocenters. The maximum Gasteiger partial charge on any atom is 0.317 e. The predicted octanol–water partition coefficient (Wildman–Crippen LogP) is 6.58. The van der Waals surface area contributed by atoms with Gasteiger partial charge in [0.1, 0.15) is 0 Å². The standard InChI is InChI=1S/C22H40O3.C4H4O3/c1-2-3-4-5-6-7-8-9-10-11-12-13-14-15-16-17-18-20-19-21(23)25-22(20)24;5-3-1-2-4(6)7-3/h20H,2-19H2,1H3;1-2H2. The van der Waals surface area contributed by atoms with Crippen molar-refractivity contribution < 1.29 is 28.7 Å². The van der Waals surface area contributed by atoms with E-state index < -0.39 is 11.9 Å². The van der Waals surface area contributed by atoms with Crippen LogP contribution in [0.1, 0.15) is 135 Å². The zero-order valence-corrected chi connectivity index (χ0v) is 20.2. The fraction of sp³-hybridized carbons (Fsp3) is 0.846. The molecule has 0 radical (unpaired) electrons. The Labute approximate surface area is 194 Å². The van der Waals surface area contributed by atoms with Crippen LogP contribution in [0.5, 0.6) is 0 Å². The van der Waals surface area contributed by atoms with Crippen LogP contribution < -0.4 is 0 Å². The van der Waals surface area contributed by atoms with Crippen LogP contribution in [-0.4, -0.2) is 23.9 Å². The molecule has 0 aliphatic carbocycles. The maximum absolute atomic E-state index is 11.3. The van der Waals surface area contributed by atoms with Crippen molar-refractivity contribution in [1.29, 1.82) is 0 Å². The number of ether oxygens (including phenoxy) is 2. The first-order chi connectivity index (χ1) is 15.5. The summed E-state index contributed by atoms with van der Waals surface area (Å²) < 4.78 is 8.66. The average molecular weight is 453 g/mol. The van der Waals surface area contributed by atoms with Gasteiger partial charge in [0.05, 0.1) is 25.2 Å². The molecule has 2 heterocycles. The zero-order chi connectivity index (χ0) is 23.4. The molecule has 1 unspecified atom stereocenters. The second-order valence-corrected chi connectivity index (χ2v) is 9.13. The molecule has 0 bridgehead atoms. The van der Waals surface area contributed by atoms with E-state index in [-0.39, 0.29) is 30.7 Å². The molecule has 6 heteroatoms. The quantitative estimate of drug-likeness (QED) is 0.141. The number of hydrogen-bond donors (Lipinski definition) is 0. The molecule has 2 rings (SSSR count). The van der Waals surface area contributed by atoms with E-state index in [1.807, 2.05) is 0 Å². The van der Waals surface area contributed by atoms with Crippen LogP contribution in [-0.2, 0) is 28.7 Å². The molecular formula is C26H44O6. The second-order valence-electron chi connectivity index (χ2n) is 9.13. The van der Waals surface area contributed by atoms with Crippen LogP contribution in [0.3, 0.4) is 0 Å². The van der Waals surface area contributed by atoms with E-state index in [4.69, 9.17) is 0 Å². The van der Waals surface area contributed by atoms with Crippen LogP contribution >= 0.6 is 0 Å². The fourth-order valence-corrected chi connectivity index (χ4v) is 4.11. The normalized spacial score (nSPS) is 17.8. The molecule has 32 heavy (non-hydrogen) atoms. The van der Waals surface area contributed by atoms with Crippen LogP contribution in [0.4, 0.5) is 0 Å². The highest BCUT2D eigenvalue weighted by atomic mass is 16.6. The van der Waals surface area contributed by atoms with Gasteiger partial charge in [-0.05, 0) is 6.42 Å². The average Bonchev–Trinajstić information content (AvgIpc) is 3.30. The Balaban J connectivity index is 0.000000616. The van der Waals surface area contributed by atoms with E-state index in [0.29, 0.717) is 6.42 Å². The molecule has 0 amide bonds. The molecule has 0 aromatic carbocycles. The van der Waals surface area contributed by atoms with Gasteiger partial charge in [0.25, 0.3) is 0 Å². The van der Waals surface area contributed by atoms with Gasteiger partial charge in [0.2, 0.25) is 0 Å². The number of cyclic esters (lactones) is 4. The first-order valence-electron chi connectivity index (χ1n) is 13.0. The molecule has 6 nitrogen and oxygen atoms in total. The monoisotopic (exact) mass is 452 g/mol. The van der Waals surface area contributed by atoms with E-state index in [0.717, 1.165) is 12.8 Å². The SMILES string of the molecule is CCCCCCCCCCCCCCCCCCC1CC(=O)OC1=O.O=C1CCC(=O)O1. The van der Waals surface area contributed by atoms with Crippen molar-refractivity contribution >= 4 is 23.9 Å². The molecular weight excluding hydrogens is 408 g/mol. The van der Waals surface area contributed by atoms with E-state index >= 15 is 0 Å². The highest BCUT2D eigenvalue weighted by molar-refractivity contribution is 5.94. The third-order valence-corrected chi connectivity index (χ3v) is 6.13. The summed E-state index contributed by atoms with van der Waals surface area (Å²) >= 11 is 0. The fourth-order valence-electron chi connectivity index (χ4n) is 4.11. The Kier molecular flexibility index (Phi) is 16.6. The number of carbonyl (C=O) groups excluding carboxylic acids is 4. The Hall–Kier alpha value is -1.72. The topological polar surface area (TPSA) is 86.7 Å². The van der Waals surface area contributed by atoms with Gasteiger partial charge >= 0.3 is 23.9 Å². The van der Waals surface area contributed by atoms with Crippen molar-refractivity contribution in [1.82, 2.24) is 0 Å². The first kappa shape index (κ1) is 28.3. The third kappa shape index (κ3) is 15.1. The molecule has 0 saturated carbocycles. The number of rotatable bonds is 17. The van der Waals surface area contributed by atoms with Crippen molar-refractivity contribution in [3.8, 4) is 0 Å². The molecule has 2 fully saturated rings. The minimum atomic E-state index is -0.398. The molecule has 184 valence electrons. The van der Waals surface area contributed by atoms with Crippen molar-refractivity contribution in [3.63, 3.8) is 0 Å². The minimum Gasteiger partial charge on any atom is -0.393 e. The summed E-state index contributed by atoms with van der Waals surface area (Å²) in [5.74, 6) is -1.59. The Bertz CT molecular complexity index is 543. The lowest BCUT2D eigenvalue weighted by atomic mass is 9.98. The molecule has 0 N–H and O–H groups in total. The summed E-state index contributed by atoms with van der Waals surface area (Å²) in [6.07, 6.45) is 23.3. The lowest BCUT2D eigenvalue weighted by Gasteiger charge is -2.05. The van der Waals surface area contributed by atoms with Crippen molar-refractivity contribution in [3.05, 3.63) is 0 Å². The summed E-state index contributed by atoms with van der Waals surface area (Å²) in [7, 11) is 0. The number of esters is 4. The Morgan fingerprint density at radius 3 is 1.28 bits per heavy atom. The van der Waals surface area contributed by atoms with Crippen LogP contribution in [0.2, 0.25) is 0 Å². The molecule has 0 spiro atoms. The van der Waals surface area contributed by atoms with E-state index in [9.17, 15) is 19.2 Å². The predicted molar refractivity (Wildman–Crippen MR) is 124 cm³/mol. The largest absolute Gasteiger partial charge is 0.393 e. The number of hydrogen-bond acceptors (Lipinski definition) is 6. The Morgan fingerprint density at radius 1 is 0.562 bits per heavy atom. The third-order valence-electron chi connectivity index (χ3n) is 6.13. The second kappa shape index (κ2) is 18.8. The van der Waals surface area contributed by atoms with E-state index in [2.05, 4.69) is 16.4 Å². The van der Waals surface area contributed by atoms with Gasteiger partial charge in [-0.1, -0.05) is 110 Å². The smallest absolute Gasteiger partial charge is 0.317 e. The van der Waals surface area contributed by atoms with Crippen molar-refractivity contribution in [2.45, 2.75) is 135 Å². The molecule has 2 aliphatic rings. The summed E-state index contributed by atoms with van der Waals surface area (Å²) in [5, 5.41) is 0. The molecule has 0 aromatic heterocycles. The van der Waals surface area contributed by atoms with Gasteiger partial charge in [-0.2, -0.15) is 0 Å². The van der Waals surface area contributed by atoms with Crippen molar-refractivity contribution in [2.24, 2.45) is 5.92 Å². The summed E-state index contributed by atoms with van der Waals surface area (Å²) in [6.45, 7) is 2.28. The lowest BCUT2D eigenvalue weighted by Crippen LogP contribution is -2.06. The van der Waals surface area contributed by atoms with Gasteiger partial charge < -0.3 is 9.47 Å². The minimum absolute atomic E-state index is 0.154.